The number of carbonyl (C=O) groups excluding carboxylic acids is 1. The van der Waals surface area contributed by atoms with Crippen LogP contribution in [0.5, 0.6) is 0 Å². The van der Waals surface area contributed by atoms with Gasteiger partial charge in [-0.2, -0.15) is 5.26 Å². The second-order valence-electron chi connectivity index (χ2n) is 4.55. The Morgan fingerprint density at radius 3 is 2.67 bits per heavy atom. The third-order valence-electron chi connectivity index (χ3n) is 3.50. The van der Waals surface area contributed by atoms with Gasteiger partial charge in [-0.05, 0) is 18.6 Å². The van der Waals surface area contributed by atoms with Crippen molar-refractivity contribution in [2.45, 2.75) is 11.8 Å². The molecule has 0 spiro atoms. The zero-order valence-corrected chi connectivity index (χ0v) is 9.67. The quantitative estimate of drug-likeness (QED) is 0.771. The van der Waals surface area contributed by atoms with E-state index in [4.69, 9.17) is 4.42 Å². The summed E-state index contributed by atoms with van der Waals surface area (Å²) in [6, 6.07) is 14.8. The molecule has 1 fully saturated rings. The van der Waals surface area contributed by atoms with Gasteiger partial charge in [0.05, 0.1) is 18.3 Å². The number of ketones is 1. The number of hydrogen-bond acceptors (Lipinski definition) is 3. The van der Waals surface area contributed by atoms with Gasteiger partial charge in [0.2, 0.25) is 0 Å². The topological polar surface area (TPSA) is 54.0 Å². The number of nitriles is 1. The van der Waals surface area contributed by atoms with Gasteiger partial charge in [0, 0.05) is 5.56 Å². The van der Waals surface area contributed by atoms with E-state index in [0.29, 0.717) is 17.7 Å². The first-order chi connectivity index (χ1) is 8.78. The van der Waals surface area contributed by atoms with Crippen LogP contribution in [0.4, 0.5) is 0 Å². The molecule has 1 aromatic heterocycles. The molecule has 1 aromatic carbocycles. The van der Waals surface area contributed by atoms with Crippen molar-refractivity contribution in [3.8, 4) is 6.07 Å². The number of benzene rings is 1. The van der Waals surface area contributed by atoms with Gasteiger partial charge < -0.3 is 4.42 Å². The van der Waals surface area contributed by atoms with Crippen molar-refractivity contribution < 1.29 is 9.21 Å². The molecule has 0 saturated heterocycles. The fourth-order valence-electron chi connectivity index (χ4n) is 2.37. The summed E-state index contributed by atoms with van der Waals surface area (Å²) in [5, 5.41) is 9.33. The Labute approximate surface area is 105 Å². The Bertz CT molecular complexity index is 610. The van der Waals surface area contributed by atoms with Crippen molar-refractivity contribution in [1.82, 2.24) is 0 Å². The van der Waals surface area contributed by atoms with Crippen molar-refractivity contribution in [3.63, 3.8) is 0 Å². The highest BCUT2D eigenvalue weighted by molar-refractivity contribution is 6.01. The van der Waals surface area contributed by atoms with Crippen molar-refractivity contribution in [3.05, 3.63) is 60.1 Å². The lowest BCUT2D eigenvalue weighted by Gasteiger charge is -2.04. The SMILES string of the molecule is N#C[C@@]1(c2ccco2)C[C@@H]1C(=O)c1ccccc1. The third-order valence-corrected chi connectivity index (χ3v) is 3.50. The molecule has 3 nitrogen and oxygen atoms in total. The maximum atomic E-state index is 12.3. The molecule has 0 amide bonds. The predicted octanol–water partition coefficient (Wildman–Crippen LogP) is 2.94. The molecule has 0 radical (unpaired) electrons. The minimum atomic E-state index is -0.754. The summed E-state index contributed by atoms with van der Waals surface area (Å²) in [6.45, 7) is 0. The van der Waals surface area contributed by atoms with E-state index in [0.717, 1.165) is 0 Å². The van der Waals surface area contributed by atoms with Gasteiger partial charge in [0.1, 0.15) is 11.2 Å². The fourth-order valence-corrected chi connectivity index (χ4v) is 2.37. The Balaban J connectivity index is 1.90. The summed E-state index contributed by atoms with van der Waals surface area (Å²) in [4.78, 5) is 12.3. The van der Waals surface area contributed by atoms with Crippen LogP contribution in [-0.4, -0.2) is 5.78 Å². The van der Waals surface area contributed by atoms with E-state index >= 15 is 0 Å². The summed E-state index contributed by atoms with van der Waals surface area (Å²) >= 11 is 0. The van der Waals surface area contributed by atoms with Crippen LogP contribution < -0.4 is 0 Å². The summed E-state index contributed by atoms with van der Waals surface area (Å²) in [5.74, 6) is 0.337. The zero-order chi connectivity index (χ0) is 12.6. The number of furan rings is 1. The number of nitrogens with zero attached hydrogens (tertiary/aromatic N) is 1. The first-order valence-corrected chi connectivity index (χ1v) is 5.82. The predicted molar refractivity (Wildman–Crippen MR) is 64.9 cm³/mol. The van der Waals surface area contributed by atoms with Gasteiger partial charge in [0.25, 0.3) is 0 Å². The van der Waals surface area contributed by atoms with Crippen LogP contribution in [0.25, 0.3) is 0 Å². The highest BCUT2D eigenvalue weighted by Crippen LogP contribution is 2.55. The molecule has 3 rings (SSSR count). The molecule has 3 heteroatoms. The summed E-state index contributed by atoms with van der Waals surface area (Å²) < 4.78 is 5.29. The van der Waals surface area contributed by atoms with E-state index in [2.05, 4.69) is 6.07 Å². The highest BCUT2D eigenvalue weighted by Gasteiger charge is 2.62. The number of Topliss-reactive ketones (excluding diaryl/α,β-unsaturated/α-hetero) is 1. The lowest BCUT2D eigenvalue weighted by Crippen LogP contribution is -2.13. The van der Waals surface area contributed by atoms with Crippen molar-refractivity contribution in [1.29, 1.82) is 5.26 Å². The Morgan fingerprint density at radius 2 is 2.06 bits per heavy atom. The Kier molecular flexibility index (Phi) is 2.31. The molecular weight excluding hydrogens is 226 g/mol. The molecule has 2 aromatic rings. The van der Waals surface area contributed by atoms with E-state index in [-0.39, 0.29) is 11.7 Å². The van der Waals surface area contributed by atoms with Crippen molar-refractivity contribution >= 4 is 5.78 Å². The Hall–Kier alpha value is -2.34. The van der Waals surface area contributed by atoms with E-state index in [1.54, 1.807) is 24.3 Å². The number of rotatable bonds is 3. The van der Waals surface area contributed by atoms with Gasteiger partial charge in [-0.15, -0.1) is 0 Å². The minimum absolute atomic E-state index is 0.0218. The van der Waals surface area contributed by atoms with E-state index in [9.17, 15) is 10.1 Å². The van der Waals surface area contributed by atoms with Gasteiger partial charge in [0.15, 0.2) is 5.78 Å². The van der Waals surface area contributed by atoms with Gasteiger partial charge >= 0.3 is 0 Å². The fraction of sp³-hybridized carbons (Fsp3) is 0.200. The van der Waals surface area contributed by atoms with Crippen LogP contribution in [0, 0.1) is 17.2 Å². The molecule has 1 aliphatic carbocycles. The smallest absolute Gasteiger partial charge is 0.168 e. The van der Waals surface area contributed by atoms with Gasteiger partial charge in [-0.3, -0.25) is 4.79 Å². The molecule has 2 atom stereocenters. The maximum Gasteiger partial charge on any atom is 0.168 e. The van der Waals surface area contributed by atoms with Crippen LogP contribution in [0.1, 0.15) is 22.5 Å². The lowest BCUT2D eigenvalue weighted by molar-refractivity contribution is 0.0959. The van der Waals surface area contributed by atoms with E-state index < -0.39 is 5.41 Å². The monoisotopic (exact) mass is 237 g/mol. The molecule has 18 heavy (non-hydrogen) atoms. The van der Waals surface area contributed by atoms with Gasteiger partial charge in [-0.25, -0.2) is 0 Å². The number of hydrogen-bond donors (Lipinski definition) is 0. The average Bonchev–Trinajstić information content (AvgIpc) is 2.92. The summed E-state index contributed by atoms with van der Waals surface area (Å²) in [7, 11) is 0. The second-order valence-corrected chi connectivity index (χ2v) is 4.55. The summed E-state index contributed by atoms with van der Waals surface area (Å²) in [6.07, 6.45) is 2.08. The van der Waals surface area contributed by atoms with Crippen LogP contribution in [0.15, 0.2) is 53.1 Å². The number of carbonyl (C=O) groups is 1. The maximum absolute atomic E-state index is 12.3. The summed E-state index contributed by atoms with van der Waals surface area (Å²) in [5.41, 5.74) is -0.0950. The first-order valence-electron chi connectivity index (χ1n) is 5.82. The van der Waals surface area contributed by atoms with Crippen LogP contribution in [-0.2, 0) is 5.41 Å². The van der Waals surface area contributed by atoms with Crippen LogP contribution >= 0.6 is 0 Å². The van der Waals surface area contributed by atoms with Crippen molar-refractivity contribution in [2.24, 2.45) is 5.92 Å². The molecule has 1 saturated carbocycles. The molecule has 0 N–H and O–H groups in total. The zero-order valence-electron chi connectivity index (χ0n) is 9.67. The molecule has 88 valence electrons. The molecule has 1 aliphatic rings. The molecule has 0 unspecified atom stereocenters. The molecule has 0 bridgehead atoms. The van der Waals surface area contributed by atoms with E-state index in [1.165, 1.54) is 6.26 Å². The minimum Gasteiger partial charge on any atom is -0.468 e. The highest BCUT2D eigenvalue weighted by atomic mass is 16.3. The van der Waals surface area contributed by atoms with E-state index in [1.807, 2.05) is 18.2 Å². The van der Waals surface area contributed by atoms with Crippen molar-refractivity contribution in [2.75, 3.05) is 0 Å². The molecule has 0 aliphatic heterocycles. The standard InChI is InChI=1S/C15H11NO2/c16-10-15(13-7-4-8-18-13)9-12(15)14(17)11-5-2-1-3-6-11/h1-8,12H,9H2/t12-,15+/m1/s1. The second kappa shape index (κ2) is 3.85. The lowest BCUT2D eigenvalue weighted by atomic mass is 9.97. The molecule has 1 heterocycles. The molecular formula is C15H11NO2. The Morgan fingerprint density at radius 1 is 1.28 bits per heavy atom. The first kappa shape index (κ1) is 10.8. The largest absolute Gasteiger partial charge is 0.468 e. The van der Waals surface area contributed by atoms with Crippen LogP contribution in [0.2, 0.25) is 0 Å². The normalized spacial score (nSPS) is 25.4. The van der Waals surface area contributed by atoms with Gasteiger partial charge in [-0.1, -0.05) is 30.3 Å². The average molecular weight is 237 g/mol. The van der Waals surface area contributed by atoms with Crippen LogP contribution in [0.3, 0.4) is 0 Å². The third kappa shape index (κ3) is 1.46.